The molecule has 0 aliphatic carbocycles. The topological polar surface area (TPSA) is 47.6 Å². The van der Waals surface area contributed by atoms with Gasteiger partial charge in [0.15, 0.2) is 23.1 Å². The molecule has 4 nitrogen and oxygen atoms in total. The Morgan fingerprint density at radius 3 is 2.46 bits per heavy atom. The van der Waals surface area contributed by atoms with Gasteiger partial charge in [-0.2, -0.15) is 8.78 Å². The Morgan fingerprint density at radius 1 is 1.08 bits per heavy atom. The molecular weight excluding hydrogens is 330 g/mol. The summed E-state index contributed by atoms with van der Waals surface area (Å²) in [4.78, 5) is 11.9. The summed E-state index contributed by atoms with van der Waals surface area (Å²) in [7, 11) is 1.29. The Bertz CT molecular complexity index is 737. The van der Waals surface area contributed by atoms with Crippen LogP contribution < -0.4 is 14.8 Å². The van der Waals surface area contributed by atoms with Crippen LogP contribution in [-0.2, 0) is 6.54 Å². The molecular formula is C16H13F4NO3. The van der Waals surface area contributed by atoms with Crippen molar-refractivity contribution in [2.75, 3.05) is 7.11 Å². The average Bonchev–Trinajstić information content (AvgIpc) is 2.55. The lowest BCUT2D eigenvalue weighted by Gasteiger charge is -2.12. The van der Waals surface area contributed by atoms with Crippen LogP contribution in [-0.4, -0.2) is 19.6 Å². The number of carbonyl (C=O) groups is 1. The maximum absolute atomic E-state index is 13.1. The Kier molecular flexibility index (Phi) is 5.62. The van der Waals surface area contributed by atoms with Crippen LogP contribution in [0.1, 0.15) is 15.9 Å². The highest BCUT2D eigenvalue weighted by molar-refractivity contribution is 5.94. The first-order chi connectivity index (χ1) is 11.4. The molecule has 0 unspecified atom stereocenters. The van der Waals surface area contributed by atoms with Gasteiger partial charge in [-0.1, -0.05) is 6.07 Å². The molecule has 0 heterocycles. The summed E-state index contributed by atoms with van der Waals surface area (Å²) in [5.74, 6) is -2.84. The van der Waals surface area contributed by atoms with Gasteiger partial charge in [-0.05, 0) is 35.9 Å². The summed E-state index contributed by atoms with van der Waals surface area (Å²) in [6.45, 7) is -2.96. The molecule has 1 N–H and O–H groups in total. The van der Waals surface area contributed by atoms with Crippen LogP contribution >= 0.6 is 0 Å². The van der Waals surface area contributed by atoms with E-state index in [9.17, 15) is 22.4 Å². The van der Waals surface area contributed by atoms with E-state index in [0.717, 1.165) is 18.2 Å². The largest absolute Gasteiger partial charge is 0.493 e. The molecule has 8 heteroatoms. The Morgan fingerprint density at radius 2 is 1.83 bits per heavy atom. The SMILES string of the molecule is COc1cc(CNC(=O)c2ccc(F)c(F)c2)ccc1OC(F)F. The molecule has 0 fully saturated rings. The molecule has 24 heavy (non-hydrogen) atoms. The van der Waals surface area contributed by atoms with Gasteiger partial charge in [-0.25, -0.2) is 8.78 Å². The normalized spacial score (nSPS) is 10.6. The second-order valence-corrected chi connectivity index (χ2v) is 4.68. The summed E-state index contributed by atoms with van der Waals surface area (Å²) in [6.07, 6.45) is 0. The molecule has 2 aromatic carbocycles. The molecule has 0 atom stereocenters. The summed E-state index contributed by atoms with van der Waals surface area (Å²) < 4.78 is 59.7. The van der Waals surface area contributed by atoms with Gasteiger partial charge >= 0.3 is 6.61 Å². The van der Waals surface area contributed by atoms with Crippen LogP contribution in [0.4, 0.5) is 17.6 Å². The third-order valence-electron chi connectivity index (χ3n) is 3.08. The second kappa shape index (κ2) is 7.67. The van der Waals surface area contributed by atoms with Gasteiger partial charge in [-0.3, -0.25) is 4.79 Å². The van der Waals surface area contributed by atoms with E-state index in [4.69, 9.17) is 4.74 Å². The zero-order valence-electron chi connectivity index (χ0n) is 12.5. The molecule has 2 aromatic rings. The number of amides is 1. The molecule has 0 aliphatic rings. The maximum Gasteiger partial charge on any atom is 0.387 e. The van der Waals surface area contributed by atoms with Crippen molar-refractivity contribution in [1.29, 1.82) is 0 Å². The number of alkyl halides is 2. The molecule has 1 amide bonds. The van der Waals surface area contributed by atoms with Crippen LogP contribution in [0.25, 0.3) is 0 Å². The number of nitrogens with one attached hydrogen (secondary N) is 1. The van der Waals surface area contributed by atoms with Crippen LogP contribution in [0.2, 0.25) is 0 Å². The molecule has 0 aliphatic heterocycles. The van der Waals surface area contributed by atoms with Crippen molar-refractivity contribution in [3.8, 4) is 11.5 Å². The van der Waals surface area contributed by atoms with Gasteiger partial charge in [0.25, 0.3) is 5.91 Å². The number of hydrogen-bond acceptors (Lipinski definition) is 3. The molecule has 0 radical (unpaired) electrons. The minimum atomic E-state index is -2.99. The summed E-state index contributed by atoms with van der Waals surface area (Å²) in [5.41, 5.74) is 0.503. The summed E-state index contributed by atoms with van der Waals surface area (Å²) >= 11 is 0. The zero-order chi connectivity index (χ0) is 17.7. The van der Waals surface area contributed by atoms with Crippen molar-refractivity contribution in [1.82, 2.24) is 5.32 Å². The highest BCUT2D eigenvalue weighted by Crippen LogP contribution is 2.29. The van der Waals surface area contributed by atoms with E-state index in [1.54, 1.807) is 0 Å². The van der Waals surface area contributed by atoms with Crippen LogP contribution in [0, 0.1) is 11.6 Å². The number of methoxy groups -OCH3 is 1. The Labute approximate surface area is 135 Å². The van der Waals surface area contributed by atoms with Gasteiger partial charge in [0, 0.05) is 12.1 Å². The standard InChI is InChI=1S/C16H13F4NO3/c1-23-14-6-9(2-5-13(14)24-16(19)20)8-21-15(22)10-3-4-11(17)12(18)7-10/h2-7,16H,8H2,1H3,(H,21,22). The monoisotopic (exact) mass is 343 g/mol. The van der Waals surface area contributed by atoms with Crippen molar-refractivity contribution in [3.63, 3.8) is 0 Å². The first kappa shape index (κ1) is 17.6. The molecule has 0 spiro atoms. The quantitative estimate of drug-likeness (QED) is 0.817. The van der Waals surface area contributed by atoms with E-state index in [-0.39, 0.29) is 23.6 Å². The molecule has 128 valence electrons. The van der Waals surface area contributed by atoms with E-state index in [1.807, 2.05) is 0 Å². The van der Waals surface area contributed by atoms with Gasteiger partial charge in [0.2, 0.25) is 0 Å². The molecule has 0 bridgehead atoms. The van der Waals surface area contributed by atoms with Crippen LogP contribution in [0.3, 0.4) is 0 Å². The highest BCUT2D eigenvalue weighted by Gasteiger charge is 2.13. The second-order valence-electron chi connectivity index (χ2n) is 4.68. The predicted molar refractivity (Wildman–Crippen MR) is 77.2 cm³/mol. The van der Waals surface area contributed by atoms with Crippen LogP contribution in [0.15, 0.2) is 36.4 Å². The zero-order valence-corrected chi connectivity index (χ0v) is 12.5. The van der Waals surface area contributed by atoms with Gasteiger partial charge in [-0.15, -0.1) is 0 Å². The van der Waals surface area contributed by atoms with Crippen molar-refractivity contribution in [2.24, 2.45) is 0 Å². The number of halogens is 4. The van der Waals surface area contributed by atoms with Crippen LogP contribution in [0.5, 0.6) is 11.5 Å². The molecule has 0 saturated heterocycles. The lowest BCUT2D eigenvalue weighted by atomic mass is 10.1. The first-order valence-corrected chi connectivity index (χ1v) is 6.75. The first-order valence-electron chi connectivity index (χ1n) is 6.75. The summed E-state index contributed by atoms with van der Waals surface area (Å²) in [6, 6.07) is 6.95. The fourth-order valence-corrected chi connectivity index (χ4v) is 1.94. The lowest BCUT2D eigenvalue weighted by Crippen LogP contribution is -2.23. The van der Waals surface area contributed by atoms with Crippen molar-refractivity contribution in [3.05, 3.63) is 59.2 Å². The van der Waals surface area contributed by atoms with Crippen molar-refractivity contribution in [2.45, 2.75) is 13.2 Å². The minimum absolute atomic E-state index is 0.0309. The van der Waals surface area contributed by atoms with E-state index < -0.39 is 24.2 Å². The number of rotatable bonds is 6. The number of carbonyl (C=O) groups excluding carboxylic acids is 1. The predicted octanol–water partition coefficient (Wildman–Crippen LogP) is 3.50. The fraction of sp³-hybridized carbons (Fsp3) is 0.188. The smallest absolute Gasteiger partial charge is 0.387 e. The fourth-order valence-electron chi connectivity index (χ4n) is 1.94. The number of benzene rings is 2. The molecule has 2 rings (SSSR count). The molecule has 0 aromatic heterocycles. The van der Waals surface area contributed by atoms with Crippen molar-refractivity contribution >= 4 is 5.91 Å². The van der Waals surface area contributed by atoms with Gasteiger partial charge in [0.1, 0.15) is 0 Å². The van der Waals surface area contributed by atoms with E-state index in [1.165, 1.54) is 25.3 Å². The lowest BCUT2D eigenvalue weighted by molar-refractivity contribution is -0.0512. The van der Waals surface area contributed by atoms with Crippen molar-refractivity contribution < 1.29 is 31.8 Å². The highest BCUT2D eigenvalue weighted by atomic mass is 19.3. The van der Waals surface area contributed by atoms with E-state index in [0.29, 0.717) is 5.56 Å². The number of ether oxygens (including phenoxy) is 2. The summed E-state index contributed by atoms with van der Waals surface area (Å²) in [5, 5.41) is 2.50. The maximum atomic E-state index is 13.1. The van der Waals surface area contributed by atoms with Gasteiger partial charge < -0.3 is 14.8 Å². The molecule has 0 saturated carbocycles. The number of hydrogen-bond donors (Lipinski definition) is 1. The third-order valence-corrected chi connectivity index (χ3v) is 3.08. The Balaban J connectivity index is 2.05. The van der Waals surface area contributed by atoms with E-state index >= 15 is 0 Å². The van der Waals surface area contributed by atoms with Gasteiger partial charge in [0.05, 0.1) is 7.11 Å². The average molecular weight is 343 g/mol. The third kappa shape index (κ3) is 4.37. The van der Waals surface area contributed by atoms with E-state index in [2.05, 4.69) is 10.1 Å². The minimum Gasteiger partial charge on any atom is -0.493 e. The Hall–Kier alpha value is -2.77.